The van der Waals surface area contributed by atoms with Crippen LogP contribution in [0.15, 0.2) is 54.6 Å². The van der Waals surface area contributed by atoms with Gasteiger partial charge in [-0.25, -0.2) is 0 Å². The fraction of sp³-hybridized carbons (Fsp3) is 0.286. The Bertz CT molecular complexity index is 854. The van der Waals surface area contributed by atoms with E-state index in [0.29, 0.717) is 24.5 Å². The molecule has 2 aromatic carbocycles. The van der Waals surface area contributed by atoms with Crippen LogP contribution in [0, 0.1) is 5.92 Å². The highest BCUT2D eigenvalue weighted by Crippen LogP contribution is 2.23. The van der Waals surface area contributed by atoms with Gasteiger partial charge in [-0.1, -0.05) is 36.4 Å². The van der Waals surface area contributed by atoms with E-state index in [4.69, 9.17) is 4.74 Å². The van der Waals surface area contributed by atoms with Gasteiger partial charge in [0.15, 0.2) is 6.61 Å². The quantitative estimate of drug-likeness (QED) is 0.766. The third kappa shape index (κ3) is 5.09. The summed E-state index contributed by atoms with van der Waals surface area (Å²) in [6.45, 7) is 0.804. The van der Waals surface area contributed by atoms with Crippen LogP contribution in [-0.2, 0) is 20.9 Å². The van der Waals surface area contributed by atoms with Gasteiger partial charge in [-0.05, 0) is 17.7 Å². The molecule has 1 aliphatic heterocycles. The highest BCUT2D eigenvalue weighted by molar-refractivity contribution is 5.97. The normalized spacial score (nSPS) is 16.0. The van der Waals surface area contributed by atoms with Crippen molar-refractivity contribution >= 4 is 23.4 Å². The van der Waals surface area contributed by atoms with Crippen molar-refractivity contribution in [2.45, 2.75) is 13.0 Å². The predicted molar refractivity (Wildman–Crippen MR) is 105 cm³/mol. The van der Waals surface area contributed by atoms with Gasteiger partial charge in [-0.2, -0.15) is 0 Å². The Morgan fingerprint density at radius 2 is 1.93 bits per heavy atom. The van der Waals surface area contributed by atoms with E-state index < -0.39 is 5.92 Å². The Morgan fingerprint density at radius 1 is 1.14 bits per heavy atom. The lowest BCUT2D eigenvalue weighted by molar-refractivity contribution is -0.128. The Hall–Kier alpha value is -3.35. The van der Waals surface area contributed by atoms with Gasteiger partial charge in [0.1, 0.15) is 5.75 Å². The number of nitrogens with zero attached hydrogens (tertiary/aromatic N) is 1. The molecule has 0 bridgehead atoms. The van der Waals surface area contributed by atoms with E-state index in [1.165, 1.54) is 7.05 Å². The number of rotatable bonds is 7. The number of benzene rings is 2. The van der Waals surface area contributed by atoms with Crippen LogP contribution < -0.4 is 15.4 Å². The Morgan fingerprint density at radius 3 is 2.68 bits per heavy atom. The average molecular weight is 381 g/mol. The summed E-state index contributed by atoms with van der Waals surface area (Å²) in [6.07, 6.45) is 0.200. The fourth-order valence-corrected chi connectivity index (χ4v) is 3.03. The number of hydrogen-bond acceptors (Lipinski definition) is 4. The zero-order valence-corrected chi connectivity index (χ0v) is 15.7. The van der Waals surface area contributed by atoms with Crippen molar-refractivity contribution in [3.8, 4) is 5.75 Å². The third-order valence-electron chi connectivity index (χ3n) is 4.55. The van der Waals surface area contributed by atoms with E-state index in [-0.39, 0.29) is 30.7 Å². The van der Waals surface area contributed by atoms with Gasteiger partial charge in [0.25, 0.3) is 5.91 Å². The van der Waals surface area contributed by atoms with E-state index in [1.807, 2.05) is 30.3 Å². The molecule has 1 fully saturated rings. The van der Waals surface area contributed by atoms with E-state index in [1.54, 1.807) is 29.2 Å². The van der Waals surface area contributed by atoms with Gasteiger partial charge in [-0.15, -0.1) is 0 Å². The first-order chi connectivity index (χ1) is 13.5. The third-order valence-corrected chi connectivity index (χ3v) is 4.55. The molecule has 0 radical (unpaired) electrons. The molecular formula is C21H23N3O4. The maximum absolute atomic E-state index is 12.6. The number of likely N-dealkylation sites (tertiary alicyclic amines) is 1. The zero-order valence-electron chi connectivity index (χ0n) is 15.7. The Labute approximate surface area is 163 Å². The van der Waals surface area contributed by atoms with Crippen molar-refractivity contribution in [3.63, 3.8) is 0 Å². The molecule has 3 rings (SSSR count). The lowest BCUT2D eigenvalue weighted by Gasteiger charge is -2.16. The molecule has 0 aliphatic carbocycles. The van der Waals surface area contributed by atoms with E-state index in [0.717, 1.165) is 5.56 Å². The summed E-state index contributed by atoms with van der Waals surface area (Å²) in [5.41, 5.74) is 1.60. The number of amides is 3. The molecule has 2 aromatic rings. The first kappa shape index (κ1) is 19.4. The van der Waals surface area contributed by atoms with Gasteiger partial charge >= 0.3 is 0 Å². The van der Waals surface area contributed by atoms with Crippen LogP contribution in [-0.4, -0.2) is 42.8 Å². The molecule has 1 atom stereocenters. The summed E-state index contributed by atoms with van der Waals surface area (Å²) >= 11 is 0. The van der Waals surface area contributed by atoms with Gasteiger partial charge in [0.05, 0.1) is 5.92 Å². The van der Waals surface area contributed by atoms with Gasteiger partial charge < -0.3 is 20.3 Å². The molecule has 1 saturated heterocycles. The number of anilines is 1. The Balaban J connectivity index is 1.56. The molecule has 1 aliphatic rings. The SMILES string of the molecule is CNC(=O)COc1cccc(NC(=O)C2CC(=O)N(Cc3ccccc3)C2)c1. The van der Waals surface area contributed by atoms with Crippen molar-refractivity contribution in [1.29, 1.82) is 0 Å². The van der Waals surface area contributed by atoms with Crippen LogP contribution in [0.4, 0.5) is 5.69 Å². The smallest absolute Gasteiger partial charge is 0.257 e. The van der Waals surface area contributed by atoms with Crippen LogP contribution in [0.2, 0.25) is 0 Å². The number of ether oxygens (including phenoxy) is 1. The summed E-state index contributed by atoms with van der Waals surface area (Å²) in [4.78, 5) is 37.8. The topological polar surface area (TPSA) is 87.7 Å². The minimum absolute atomic E-state index is 0.0216. The molecule has 146 valence electrons. The van der Waals surface area contributed by atoms with Crippen molar-refractivity contribution < 1.29 is 19.1 Å². The second-order valence-corrected chi connectivity index (χ2v) is 6.64. The van der Waals surface area contributed by atoms with Crippen LogP contribution in [0.1, 0.15) is 12.0 Å². The molecule has 1 unspecified atom stereocenters. The lowest BCUT2D eigenvalue weighted by Crippen LogP contribution is -2.28. The number of carbonyl (C=O) groups is 3. The van der Waals surface area contributed by atoms with Crippen LogP contribution >= 0.6 is 0 Å². The fourth-order valence-electron chi connectivity index (χ4n) is 3.03. The second kappa shape index (κ2) is 9.03. The van der Waals surface area contributed by atoms with Crippen LogP contribution in [0.3, 0.4) is 0 Å². The highest BCUT2D eigenvalue weighted by atomic mass is 16.5. The minimum atomic E-state index is -0.397. The van der Waals surface area contributed by atoms with Crippen LogP contribution in [0.25, 0.3) is 0 Å². The number of hydrogen-bond donors (Lipinski definition) is 2. The molecule has 7 heteroatoms. The molecule has 28 heavy (non-hydrogen) atoms. The number of nitrogens with one attached hydrogen (secondary N) is 2. The lowest BCUT2D eigenvalue weighted by atomic mass is 10.1. The summed E-state index contributed by atoms with van der Waals surface area (Å²) < 4.78 is 5.38. The summed E-state index contributed by atoms with van der Waals surface area (Å²) in [6, 6.07) is 16.5. The largest absolute Gasteiger partial charge is 0.484 e. The van der Waals surface area contributed by atoms with E-state index in [2.05, 4.69) is 10.6 Å². The predicted octanol–water partition coefficient (Wildman–Crippen LogP) is 1.80. The summed E-state index contributed by atoms with van der Waals surface area (Å²) in [7, 11) is 1.53. The first-order valence-electron chi connectivity index (χ1n) is 9.11. The number of carbonyl (C=O) groups excluding carboxylic acids is 3. The van der Waals surface area contributed by atoms with Gasteiger partial charge in [-0.3, -0.25) is 14.4 Å². The van der Waals surface area contributed by atoms with Crippen molar-refractivity contribution in [1.82, 2.24) is 10.2 Å². The highest BCUT2D eigenvalue weighted by Gasteiger charge is 2.34. The summed E-state index contributed by atoms with van der Waals surface area (Å²) in [5, 5.41) is 5.31. The van der Waals surface area contributed by atoms with Crippen molar-refractivity contribution in [3.05, 3.63) is 60.2 Å². The maximum Gasteiger partial charge on any atom is 0.257 e. The monoisotopic (exact) mass is 381 g/mol. The molecular weight excluding hydrogens is 358 g/mol. The average Bonchev–Trinajstić information content (AvgIpc) is 3.07. The molecule has 1 heterocycles. The van der Waals surface area contributed by atoms with E-state index >= 15 is 0 Å². The van der Waals surface area contributed by atoms with Gasteiger partial charge in [0.2, 0.25) is 11.8 Å². The molecule has 2 N–H and O–H groups in total. The molecule has 7 nitrogen and oxygen atoms in total. The molecule has 0 aromatic heterocycles. The van der Waals surface area contributed by atoms with Crippen molar-refractivity contribution in [2.75, 3.05) is 25.5 Å². The van der Waals surface area contributed by atoms with Gasteiger partial charge in [0, 0.05) is 38.3 Å². The first-order valence-corrected chi connectivity index (χ1v) is 9.11. The standard InChI is InChI=1S/C21H23N3O4/c1-22-19(25)14-28-18-9-5-8-17(11-18)23-21(27)16-10-20(26)24(13-16)12-15-6-3-2-4-7-15/h2-9,11,16H,10,12-14H2,1H3,(H,22,25)(H,23,27). The van der Waals surface area contributed by atoms with Crippen LogP contribution in [0.5, 0.6) is 5.75 Å². The van der Waals surface area contributed by atoms with Crippen molar-refractivity contribution in [2.24, 2.45) is 5.92 Å². The molecule has 3 amide bonds. The Kier molecular flexibility index (Phi) is 6.26. The molecule has 0 spiro atoms. The minimum Gasteiger partial charge on any atom is -0.484 e. The molecule has 0 saturated carbocycles. The van der Waals surface area contributed by atoms with E-state index in [9.17, 15) is 14.4 Å². The maximum atomic E-state index is 12.6. The number of likely N-dealkylation sites (N-methyl/N-ethyl adjacent to an activating group) is 1. The summed E-state index contributed by atoms with van der Waals surface area (Å²) in [5.74, 6) is -0.377. The zero-order chi connectivity index (χ0) is 19.9. The second-order valence-electron chi connectivity index (χ2n) is 6.64.